The minimum absolute atomic E-state index is 1.08. The number of pyridine rings is 1. The largest absolute Gasteiger partial charge is 0.258 e. The van der Waals surface area contributed by atoms with E-state index in [1.807, 2.05) is 6.92 Å². The Hall–Kier alpha value is -1.89. The van der Waals surface area contributed by atoms with E-state index in [1.54, 1.807) is 0 Å². The zero-order valence-electron chi connectivity index (χ0n) is 9.49. The number of nitrogens with zero attached hydrogens (tertiary/aromatic N) is 1. The first kappa shape index (κ1) is 9.34. The van der Waals surface area contributed by atoms with Gasteiger partial charge in [0, 0.05) is 16.8 Å². The van der Waals surface area contributed by atoms with E-state index < -0.39 is 0 Å². The lowest BCUT2D eigenvalue weighted by molar-refractivity contribution is 1.15. The van der Waals surface area contributed by atoms with Crippen LogP contribution in [0.3, 0.4) is 0 Å². The van der Waals surface area contributed by atoms with Crippen molar-refractivity contribution in [1.29, 1.82) is 0 Å². The summed E-state index contributed by atoms with van der Waals surface area (Å²) in [7, 11) is 0. The normalized spacial score (nSPS) is 11.1. The predicted octanol–water partition coefficient (Wildman–Crippen LogP) is 4.00. The zero-order valence-corrected chi connectivity index (χ0v) is 9.49. The van der Waals surface area contributed by atoms with Gasteiger partial charge in [-0.3, -0.25) is 4.98 Å². The van der Waals surface area contributed by atoms with Crippen molar-refractivity contribution in [2.45, 2.75) is 13.8 Å². The van der Waals surface area contributed by atoms with Gasteiger partial charge in [0.25, 0.3) is 0 Å². The molecule has 1 heterocycles. The lowest BCUT2D eigenvalue weighted by Crippen LogP contribution is -1.88. The molecule has 1 nitrogen and oxygen atoms in total. The maximum atomic E-state index is 4.51. The fraction of sp³-hybridized carbons (Fsp3) is 0.133. The van der Waals surface area contributed by atoms with E-state index >= 15 is 0 Å². The van der Waals surface area contributed by atoms with Gasteiger partial charge in [-0.1, -0.05) is 36.4 Å². The van der Waals surface area contributed by atoms with Gasteiger partial charge in [-0.25, -0.2) is 0 Å². The molecule has 0 saturated carbocycles. The topological polar surface area (TPSA) is 12.9 Å². The SMILES string of the molecule is Cc1cc2c(ccc3ccccc32)c(C)n1. The molecule has 2 aromatic carbocycles. The molecular formula is C15H13N. The van der Waals surface area contributed by atoms with Crippen LogP contribution in [0.15, 0.2) is 42.5 Å². The summed E-state index contributed by atoms with van der Waals surface area (Å²) in [4.78, 5) is 4.51. The Kier molecular flexibility index (Phi) is 1.93. The molecule has 16 heavy (non-hydrogen) atoms. The van der Waals surface area contributed by atoms with E-state index in [4.69, 9.17) is 0 Å². The third-order valence-electron chi connectivity index (χ3n) is 3.06. The van der Waals surface area contributed by atoms with Crippen LogP contribution in [0.4, 0.5) is 0 Å². The quantitative estimate of drug-likeness (QED) is 0.508. The van der Waals surface area contributed by atoms with Gasteiger partial charge in [-0.15, -0.1) is 0 Å². The summed E-state index contributed by atoms with van der Waals surface area (Å²) < 4.78 is 0. The van der Waals surface area contributed by atoms with Gasteiger partial charge in [0.1, 0.15) is 0 Å². The molecule has 0 aliphatic carbocycles. The van der Waals surface area contributed by atoms with E-state index in [0.717, 1.165) is 11.4 Å². The minimum Gasteiger partial charge on any atom is -0.258 e. The molecule has 0 aliphatic heterocycles. The Morgan fingerprint density at radius 1 is 0.812 bits per heavy atom. The maximum absolute atomic E-state index is 4.51. The summed E-state index contributed by atoms with van der Waals surface area (Å²) in [6.07, 6.45) is 0. The standard InChI is InChI=1S/C15H13N/c1-10-9-15-13(11(2)16-10)8-7-12-5-3-4-6-14(12)15/h3-9H,1-2H3. The third kappa shape index (κ3) is 1.28. The van der Waals surface area contributed by atoms with Crippen molar-refractivity contribution in [2.24, 2.45) is 0 Å². The summed E-state index contributed by atoms with van der Waals surface area (Å²) in [5.74, 6) is 0. The van der Waals surface area contributed by atoms with Crippen LogP contribution < -0.4 is 0 Å². The van der Waals surface area contributed by atoms with Gasteiger partial charge >= 0.3 is 0 Å². The molecule has 0 amide bonds. The van der Waals surface area contributed by atoms with Gasteiger partial charge in [-0.05, 0) is 36.1 Å². The lowest BCUT2D eigenvalue weighted by atomic mass is 10.0. The molecule has 0 atom stereocenters. The molecule has 0 aliphatic rings. The number of fused-ring (bicyclic) bond motifs is 3. The molecule has 0 radical (unpaired) electrons. The number of aromatic nitrogens is 1. The van der Waals surface area contributed by atoms with Crippen molar-refractivity contribution < 1.29 is 0 Å². The fourth-order valence-corrected chi connectivity index (χ4v) is 2.33. The predicted molar refractivity (Wildman–Crippen MR) is 68.7 cm³/mol. The highest BCUT2D eigenvalue weighted by Gasteiger charge is 2.03. The highest BCUT2D eigenvalue weighted by molar-refractivity contribution is 6.08. The number of hydrogen-bond acceptors (Lipinski definition) is 1. The monoisotopic (exact) mass is 207 g/mol. The second kappa shape index (κ2) is 3.31. The molecule has 0 fully saturated rings. The number of aryl methyl sites for hydroxylation is 2. The van der Waals surface area contributed by atoms with Crippen molar-refractivity contribution >= 4 is 21.5 Å². The minimum atomic E-state index is 1.08. The summed E-state index contributed by atoms with van der Waals surface area (Å²) in [6, 6.07) is 15.0. The Labute approximate surface area is 94.7 Å². The maximum Gasteiger partial charge on any atom is 0.0454 e. The van der Waals surface area contributed by atoms with Crippen LogP contribution in [-0.2, 0) is 0 Å². The fourth-order valence-electron chi connectivity index (χ4n) is 2.33. The Morgan fingerprint density at radius 3 is 2.50 bits per heavy atom. The summed E-state index contributed by atoms with van der Waals surface area (Å²) in [5, 5.41) is 5.17. The van der Waals surface area contributed by atoms with E-state index in [2.05, 4.69) is 54.4 Å². The molecule has 3 aromatic rings. The molecule has 0 N–H and O–H groups in total. The van der Waals surface area contributed by atoms with Crippen LogP contribution in [0.1, 0.15) is 11.4 Å². The second-order valence-electron chi connectivity index (χ2n) is 4.23. The molecule has 0 unspecified atom stereocenters. The van der Waals surface area contributed by atoms with Crippen molar-refractivity contribution in [3.8, 4) is 0 Å². The summed E-state index contributed by atoms with van der Waals surface area (Å²) in [6.45, 7) is 4.12. The first-order valence-corrected chi connectivity index (χ1v) is 5.51. The Bertz CT molecular complexity index is 683. The average molecular weight is 207 g/mol. The summed E-state index contributed by atoms with van der Waals surface area (Å²) >= 11 is 0. The summed E-state index contributed by atoms with van der Waals surface area (Å²) in [5.41, 5.74) is 2.20. The zero-order chi connectivity index (χ0) is 11.1. The van der Waals surface area contributed by atoms with Crippen molar-refractivity contribution in [3.63, 3.8) is 0 Å². The van der Waals surface area contributed by atoms with Crippen molar-refractivity contribution in [3.05, 3.63) is 53.9 Å². The van der Waals surface area contributed by atoms with Gasteiger partial charge < -0.3 is 0 Å². The molecule has 3 rings (SSSR count). The van der Waals surface area contributed by atoms with Crippen LogP contribution in [0.5, 0.6) is 0 Å². The highest BCUT2D eigenvalue weighted by Crippen LogP contribution is 2.27. The molecule has 1 heteroatoms. The van der Waals surface area contributed by atoms with Crippen LogP contribution >= 0.6 is 0 Å². The van der Waals surface area contributed by atoms with Gasteiger partial charge in [0.15, 0.2) is 0 Å². The lowest BCUT2D eigenvalue weighted by Gasteiger charge is -2.07. The second-order valence-corrected chi connectivity index (χ2v) is 4.23. The molecule has 0 saturated heterocycles. The van der Waals surface area contributed by atoms with E-state index in [1.165, 1.54) is 21.5 Å². The number of hydrogen-bond donors (Lipinski definition) is 0. The third-order valence-corrected chi connectivity index (χ3v) is 3.06. The van der Waals surface area contributed by atoms with Crippen LogP contribution in [0, 0.1) is 13.8 Å². The first-order valence-electron chi connectivity index (χ1n) is 5.51. The van der Waals surface area contributed by atoms with Crippen molar-refractivity contribution in [2.75, 3.05) is 0 Å². The highest BCUT2D eigenvalue weighted by atomic mass is 14.7. The van der Waals surface area contributed by atoms with Gasteiger partial charge in [0.2, 0.25) is 0 Å². The van der Waals surface area contributed by atoms with Crippen molar-refractivity contribution in [1.82, 2.24) is 4.98 Å². The van der Waals surface area contributed by atoms with Crippen LogP contribution in [-0.4, -0.2) is 4.98 Å². The van der Waals surface area contributed by atoms with Gasteiger partial charge in [-0.2, -0.15) is 0 Å². The van der Waals surface area contributed by atoms with Crippen LogP contribution in [0.2, 0.25) is 0 Å². The first-order chi connectivity index (χ1) is 7.75. The van der Waals surface area contributed by atoms with E-state index in [-0.39, 0.29) is 0 Å². The molecule has 78 valence electrons. The van der Waals surface area contributed by atoms with Gasteiger partial charge in [0.05, 0.1) is 0 Å². The molecular weight excluding hydrogens is 194 g/mol. The van der Waals surface area contributed by atoms with E-state index in [0.29, 0.717) is 0 Å². The van der Waals surface area contributed by atoms with Crippen LogP contribution in [0.25, 0.3) is 21.5 Å². The number of rotatable bonds is 0. The number of benzene rings is 2. The Balaban J connectivity index is 2.59. The Morgan fingerprint density at radius 2 is 1.62 bits per heavy atom. The average Bonchev–Trinajstić information content (AvgIpc) is 2.28. The molecule has 0 bridgehead atoms. The van der Waals surface area contributed by atoms with E-state index in [9.17, 15) is 0 Å². The smallest absolute Gasteiger partial charge is 0.0454 e. The molecule has 0 spiro atoms. The molecule has 1 aromatic heterocycles.